The summed E-state index contributed by atoms with van der Waals surface area (Å²) in [4.78, 5) is 0. The van der Waals surface area contributed by atoms with Gasteiger partial charge in [0.1, 0.15) is 11.9 Å². The largest absolute Gasteiger partial charge is 0.342 e. The molecular weight excluding hydrogens is 370 g/mol. The van der Waals surface area contributed by atoms with Crippen molar-refractivity contribution in [3.63, 3.8) is 0 Å². The van der Waals surface area contributed by atoms with Crippen molar-refractivity contribution in [3.05, 3.63) is 83.6 Å². The molecule has 0 amide bonds. The van der Waals surface area contributed by atoms with Gasteiger partial charge in [-0.2, -0.15) is 5.26 Å². The number of hydrogen-bond acceptors (Lipinski definition) is 3. The van der Waals surface area contributed by atoms with Crippen LogP contribution in [0.15, 0.2) is 60.8 Å². The quantitative estimate of drug-likeness (QED) is 0.455. The molecule has 0 spiro atoms. The Bertz CT molecular complexity index is 1250. The lowest BCUT2D eigenvalue weighted by molar-refractivity contribution is 0.627. The van der Waals surface area contributed by atoms with E-state index in [9.17, 15) is 5.26 Å². The Morgan fingerprint density at radius 2 is 1.83 bits per heavy atom. The van der Waals surface area contributed by atoms with Gasteiger partial charge in [0, 0.05) is 42.2 Å². The first-order valence-electron chi connectivity index (χ1n) is 10.5. The fourth-order valence-corrected chi connectivity index (χ4v) is 4.29. The lowest BCUT2D eigenvalue weighted by atomic mass is 10.1. The topological polar surface area (TPSA) is 59.4 Å². The van der Waals surface area contributed by atoms with Crippen LogP contribution < -0.4 is 0 Å². The molecule has 1 aliphatic heterocycles. The zero-order chi connectivity index (χ0) is 20.3. The zero-order valence-corrected chi connectivity index (χ0v) is 16.8. The molecule has 0 radical (unpaired) electrons. The molecule has 0 saturated heterocycles. The summed E-state index contributed by atoms with van der Waals surface area (Å²) in [6, 6.07) is 21.1. The highest BCUT2D eigenvalue weighted by molar-refractivity contribution is 5.97. The lowest BCUT2D eigenvalue weighted by Crippen LogP contribution is -2.05. The summed E-state index contributed by atoms with van der Waals surface area (Å²) >= 11 is 0. The summed E-state index contributed by atoms with van der Waals surface area (Å²) in [7, 11) is 0. The normalized spacial score (nSPS) is 14.3. The van der Waals surface area contributed by atoms with E-state index in [-0.39, 0.29) is 0 Å². The SMILES string of the molecule is N#CC(=Cc1cn(Cc2ccccc2)c2ccccc12)c1nnc2n1CCCCC2. The Morgan fingerprint density at radius 3 is 2.70 bits per heavy atom. The van der Waals surface area contributed by atoms with Crippen LogP contribution in [0.3, 0.4) is 0 Å². The first-order valence-corrected chi connectivity index (χ1v) is 10.5. The van der Waals surface area contributed by atoms with Crippen LogP contribution in [0.4, 0.5) is 0 Å². The highest BCUT2D eigenvalue weighted by Crippen LogP contribution is 2.27. The number of hydrogen-bond donors (Lipinski definition) is 0. The molecule has 1 aliphatic rings. The van der Waals surface area contributed by atoms with Crippen molar-refractivity contribution in [3.8, 4) is 6.07 Å². The van der Waals surface area contributed by atoms with Crippen molar-refractivity contribution >= 4 is 22.6 Å². The molecule has 0 atom stereocenters. The predicted molar refractivity (Wildman–Crippen MR) is 119 cm³/mol. The minimum Gasteiger partial charge on any atom is -0.342 e. The monoisotopic (exact) mass is 393 g/mol. The van der Waals surface area contributed by atoms with Crippen molar-refractivity contribution in [1.29, 1.82) is 5.26 Å². The molecular formula is C25H23N5. The fraction of sp³-hybridized carbons (Fsp3) is 0.240. The van der Waals surface area contributed by atoms with E-state index in [4.69, 9.17) is 0 Å². The second-order valence-corrected chi connectivity index (χ2v) is 7.79. The number of nitriles is 1. The standard InChI is InChI=1S/C25H23N5/c26-16-20(25-28-27-24-13-5-2-8-14-30(24)25)15-21-18-29(17-19-9-3-1-4-10-19)23-12-7-6-11-22(21)23/h1,3-4,6-7,9-12,15,18H,2,5,8,13-14,17H2. The molecule has 5 rings (SSSR count). The summed E-state index contributed by atoms with van der Waals surface area (Å²) in [5, 5.41) is 19.8. The van der Waals surface area contributed by atoms with E-state index in [0.29, 0.717) is 11.4 Å². The number of allylic oxidation sites excluding steroid dienone is 1. The Kier molecular flexibility index (Phi) is 4.90. The number of rotatable bonds is 4. The molecule has 0 saturated carbocycles. The van der Waals surface area contributed by atoms with E-state index in [0.717, 1.165) is 54.6 Å². The van der Waals surface area contributed by atoms with Gasteiger partial charge in [-0.25, -0.2) is 0 Å². The number of aromatic nitrogens is 4. The van der Waals surface area contributed by atoms with Crippen LogP contribution >= 0.6 is 0 Å². The molecule has 3 heterocycles. The Morgan fingerprint density at radius 1 is 1.00 bits per heavy atom. The molecule has 148 valence electrons. The molecule has 4 aromatic rings. The van der Waals surface area contributed by atoms with E-state index in [1.807, 2.05) is 18.2 Å². The first kappa shape index (κ1) is 18.4. The van der Waals surface area contributed by atoms with Crippen LogP contribution in [0, 0.1) is 11.3 Å². The van der Waals surface area contributed by atoms with Gasteiger partial charge in [-0.1, -0.05) is 55.0 Å². The highest BCUT2D eigenvalue weighted by atomic mass is 15.3. The Balaban J connectivity index is 1.58. The predicted octanol–water partition coefficient (Wildman–Crippen LogP) is 5.07. The van der Waals surface area contributed by atoms with Crippen molar-refractivity contribution in [1.82, 2.24) is 19.3 Å². The van der Waals surface area contributed by atoms with Gasteiger partial charge in [-0.15, -0.1) is 10.2 Å². The maximum atomic E-state index is 9.94. The van der Waals surface area contributed by atoms with Gasteiger partial charge in [0.2, 0.25) is 0 Å². The maximum Gasteiger partial charge on any atom is 0.174 e. The van der Waals surface area contributed by atoms with Crippen LogP contribution in [-0.4, -0.2) is 19.3 Å². The van der Waals surface area contributed by atoms with Crippen LogP contribution in [-0.2, 0) is 19.5 Å². The minimum absolute atomic E-state index is 0.568. The van der Waals surface area contributed by atoms with Gasteiger partial charge in [0.25, 0.3) is 0 Å². The van der Waals surface area contributed by atoms with Crippen LogP contribution in [0.5, 0.6) is 0 Å². The number of fused-ring (bicyclic) bond motifs is 2. The van der Waals surface area contributed by atoms with Crippen LogP contribution in [0.25, 0.3) is 22.6 Å². The van der Waals surface area contributed by atoms with Crippen LogP contribution in [0.2, 0.25) is 0 Å². The molecule has 2 aromatic heterocycles. The number of benzene rings is 2. The average molecular weight is 393 g/mol. The molecule has 0 unspecified atom stereocenters. The van der Waals surface area contributed by atoms with Gasteiger partial charge in [-0.05, 0) is 30.5 Å². The van der Waals surface area contributed by atoms with Gasteiger partial charge in [0.05, 0.1) is 5.57 Å². The van der Waals surface area contributed by atoms with Crippen molar-refractivity contribution in [2.45, 2.75) is 38.8 Å². The van der Waals surface area contributed by atoms with Gasteiger partial charge >= 0.3 is 0 Å². The van der Waals surface area contributed by atoms with Gasteiger partial charge in [-0.3, -0.25) is 0 Å². The lowest BCUT2D eigenvalue weighted by Gasteiger charge is -2.05. The van der Waals surface area contributed by atoms with E-state index in [1.165, 1.54) is 12.0 Å². The molecule has 2 aromatic carbocycles. The van der Waals surface area contributed by atoms with Crippen LogP contribution in [0.1, 0.15) is 42.0 Å². The second kappa shape index (κ2) is 8.00. The van der Waals surface area contributed by atoms with E-state index >= 15 is 0 Å². The highest BCUT2D eigenvalue weighted by Gasteiger charge is 2.18. The summed E-state index contributed by atoms with van der Waals surface area (Å²) in [6.45, 7) is 1.67. The third-order valence-electron chi connectivity index (χ3n) is 5.79. The maximum absolute atomic E-state index is 9.94. The number of para-hydroxylation sites is 1. The zero-order valence-electron chi connectivity index (χ0n) is 16.8. The molecule has 0 N–H and O–H groups in total. The van der Waals surface area contributed by atoms with Crippen molar-refractivity contribution in [2.75, 3.05) is 0 Å². The van der Waals surface area contributed by atoms with Crippen molar-refractivity contribution < 1.29 is 0 Å². The third-order valence-corrected chi connectivity index (χ3v) is 5.79. The second-order valence-electron chi connectivity index (χ2n) is 7.79. The summed E-state index contributed by atoms with van der Waals surface area (Å²) < 4.78 is 4.38. The Hall–Kier alpha value is -3.65. The van der Waals surface area contributed by atoms with Crippen molar-refractivity contribution in [2.24, 2.45) is 0 Å². The first-order chi connectivity index (χ1) is 14.8. The third kappa shape index (κ3) is 3.42. The summed E-state index contributed by atoms with van der Waals surface area (Å²) in [6.07, 6.45) is 8.47. The van der Waals surface area contributed by atoms with Gasteiger partial charge in [0.15, 0.2) is 5.82 Å². The molecule has 0 bridgehead atoms. The average Bonchev–Trinajstić information content (AvgIpc) is 3.25. The number of nitrogens with zero attached hydrogens (tertiary/aromatic N) is 5. The molecule has 30 heavy (non-hydrogen) atoms. The molecule has 0 aliphatic carbocycles. The summed E-state index contributed by atoms with van der Waals surface area (Å²) in [5.74, 6) is 1.68. The Labute approximate surface area is 175 Å². The number of aryl methyl sites for hydroxylation is 1. The minimum atomic E-state index is 0.568. The van der Waals surface area contributed by atoms with E-state index in [2.05, 4.69) is 74.1 Å². The molecule has 5 nitrogen and oxygen atoms in total. The summed E-state index contributed by atoms with van der Waals surface area (Å²) in [5.41, 5.74) is 4.00. The molecule has 5 heteroatoms. The molecule has 0 fully saturated rings. The smallest absolute Gasteiger partial charge is 0.174 e. The van der Waals surface area contributed by atoms with E-state index < -0.39 is 0 Å². The van der Waals surface area contributed by atoms with E-state index in [1.54, 1.807) is 0 Å². The van der Waals surface area contributed by atoms with Gasteiger partial charge < -0.3 is 9.13 Å². The fourth-order valence-electron chi connectivity index (χ4n) is 4.29.